The van der Waals surface area contributed by atoms with Gasteiger partial charge in [-0.1, -0.05) is 35.9 Å². The molecule has 3 rings (SSSR count). The number of halogens is 1. The number of benzene rings is 2. The van der Waals surface area contributed by atoms with E-state index >= 15 is 0 Å². The minimum absolute atomic E-state index is 0.0437. The molecule has 3 aromatic rings. The lowest BCUT2D eigenvalue weighted by molar-refractivity contribution is -0.143. The van der Waals surface area contributed by atoms with Crippen LogP contribution in [0.2, 0.25) is 5.15 Å². The lowest BCUT2D eigenvalue weighted by Crippen LogP contribution is -2.44. The first-order valence-corrected chi connectivity index (χ1v) is 25.1. The third-order valence-electron chi connectivity index (χ3n) is 10.4. The second kappa shape index (κ2) is 35.1. The highest BCUT2D eigenvalue weighted by Crippen LogP contribution is 2.18. The summed E-state index contributed by atoms with van der Waals surface area (Å²) in [6.07, 6.45) is 2.66. The second-order valence-electron chi connectivity index (χ2n) is 17.5. The molecule has 0 aliphatic heterocycles. The van der Waals surface area contributed by atoms with Crippen molar-refractivity contribution in [2.24, 2.45) is 10.7 Å². The SMILES string of the molecule is COC(=O)C(CCCC(NC(=O)OCCOCCOc1ccc(CCCCN/C(=N\C(=O)OC(C)(C)C)NC(=O)c2nc(Cl)c(N)nc2N)cc1)C(=O)OC)NC(=O)OCCOCCOc1ccc(CCCCN)cc1. The first-order valence-electron chi connectivity index (χ1n) is 24.7. The minimum Gasteiger partial charge on any atom is -0.491 e. The van der Waals surface area contributed by atoms with E-state index in [1.807, 2.05) is 48.5 Å². The number of hydrogen-bond acceptors (Lipinski definition) is 20. The Kier molecular flexibility index (Phi) is 29.1. The van der Waals surface area contributed by atoms with Gasteiger partial charge in [0.25, 0.3) is 5.91 Å². The van der Waals surface area contributed by atoms with E-state index in [1.165, 1.54) is 12.7 Å². The Hall–Kier alpha value is -7.22. The molecule has 1 aromatic heterocycles. The van der Waals surface area contributed by atoms with Crippen molar-refractivity contribution in [3.63, 3.8) is 0 Å². The zero-order valence-electron chi connectivity index (χ0n) is 43.8. The van der Waals surface area contributed by atoms with Gasteiger partial charge in [-0.05, 0) is 120 Å². The van der Waals surface area contributed by atoms with E-state index in [9.17, 15) is 28.8 Å². The van der Waals surface area contributed by atoms with Crippen LogP contribution in [0, 0.1) is 0 Å². The number of nitrogen functional groups attached to an aromatic ring is 2. The standard InChI is InChI=1S/C50H73ClN10O15/c1-50(2,3)76-49(67)61-46(60-43(62)39-41(53)59-42(54)40(51)58-39)55-24-9-7-12-34-17-21-36(22-18-34)73-30-26-71-28-32-75-48(66)57-38(45(64)69-5)14-10-13-37(44(63)68-4)56-47(65)74-31-27-70-25-29-72-35-19-15-33(16-20-35)11-6-8-23-52/h15-22,37-38H,6-14,23-32,52H2,1-5H3,(H,56,65)(H,57,66)(H4,53,54,59)(H2,55,60,61,62,67). The van der Waals surface area contributed by atoms with Gasteiger partial charge in [0.05, 0.1) is 40.6 Å². The van der Waals surface area contributed by atoms with Crippen molar-refractivity contribution in [2.45, 2.75) is 96.2 Å². The number of nitrogens with one attached hydrogen (secondary N) is 4. The largest absolute Gasteiger partial charge is 0.491 e. The fraction of sp³-hybridized carbons (Fsp3) is 0.540. The summed E-state index contributed by atoms with van der Waals surface area (Å²) in [7, 11) is 2.34. The van der Waals surface area contributed by atoms with E-state index < -0.39 is 53.8 Å². The van der Waals surface area contributed by atoms with Crippen LogP contribution in [0.4, 0.5) is 26.0 Å². The summed E-state index contributed by atoms with van der Waals surface area (Å²) in [4.78, 5) is 86.8. The molecule has 76 heavy (non-hydrogen) atoms. The maximum absolute atomic E-state index is 12.9. The van der Waals surface area contributed by atoms with Gasteiger partial charge >= 0.3 is 30.2 Å². The molecule has 0 aliphatic rings. The van der Waals surface area contributed by atoms with Gasteiger partial charge in [0.15, 0.2) is 22.5 Å². The molecule has 0 saturated heterocycles. The monoisotopic (exact) mass is 1090 g/mol. The third-order valence-corrected chi connectivity index (χ3v) is 10.6. The van der Waals surface area contributed by atoms with Crippen molar-refractivity contribution in [2.75, 3.05) is 91.6 Å². The fourth-order valence-corrected chi connectivity index (χ4v) is 6.73. The highest BCUT2D eigenvalue weighted by atomic mass is 35.5. The highest BCUT2D eigenvalue weighted by molar-refractivity contribution is 6.31. The zero-order chi connectivity index (χ0) is 55.7. The number of nitrogens with zero attached hydrogens (tertiary/aromatic N) is 3. The van der Waals surface area contributed by atoms with E-state index in [2.05, 4.69) is 36.2 Å². The summed E-state index contributed by atoms with van der Waals surface area (Å²) in [6.45, 7) is 6.95. The van der Waals surface area contributed by atoms with Gasteiger partial charge in [-0.15, -0.1) is 4.99 Å². The maximum Gasteiger partial charge on any atom is 0.437 e. The van der Waals surface area contributed by atoms with Crippen LogP contribution in [0.15, 0.2) is 53.5 Å². The molecule has 0 saturated carbocycles. The van der Waals surface area contributed by atoms with Crippen LogP contribution in [0.5, 0.6) is 11.5 Å². The van der Waals surface area contributed by atoms with Gasteiger partial charge in [-0.2, -0.15) is 0 Å². The van der Waals surface area contributed by atoms with E-state index in [4.69, 9.17) is 71.4 Å². The molecule has 0 bridgehead atoms. The second-order valence-corrected chi connectivity index (χ2v) is 17.9. The molecule has 0 spiro atoms. The molecule has 420 valence electrons. The summed E-state index contributed by atoms with van der Waals surface area (Å²) in [5, 5.41) is 10.1. The van der Waals surface area contributed by atoms with Crippen molar-refractivity contribution in [3.05, 3.63) is 70.5 Å². The molecule has 0 radical (unpaired) electrons. The molecule has 2 unspecified atom stereocenters. The molecular formula is C50H73ClN10O15. The number of carbonyl (C=O) groups excluding carboxylic acids is 6. The van der Waals surface area contributed by atoms with Crippen molar-refractivity contribution in [3.8, 4) is 11.5 Å². The molecule has 26 heteroatoms. The van der Waals surface area contributed by atoms with Crippen LogP contribution < -0.4 is 47.9 Å². The first kappa shape index (κ1) is 63.1. The van der Waals surface area contributed by atoms with Gasteiger partial charge in [-0.25, -0.2) is 33.9 Å². The van der Waals surface area contributed by atoms with Crippen LogP contribution in [-0.2, 0) is 55.6 Å². The third kappa shape index (κ3) is 26.3. The van der Waals surface area contributed by atoms with Crippen molar-refractivity contribution in [1.82, 2.24) is 31.2 Å². The number of rotatable bonds is 32. The van der Waals surface area contributed by atoms with Crippen LogP contribution in [0.25, 0.3) is 0 Å². The predicted octanol–water partition coefficient (Wildman–Crippen LogP) is 4.41. The number of aromatic nitrogens is 2. The van der Waals surface area contributed by atoms with Crippen LogP contribution in [0.1, 0.15) is 87.3 Å². The van der Waals surface area contributed by atoms with Gasteiger partial charge < -0.3 is 75.8 Å². The Morgan fingerprint density at radius 2 is 1.13 bits per heavy atom. The Morgan fingerprint density at radius 1 is 0.645 bits per heavy atom. The maximum atomic E-state index is 12.9. The number of unbranched alkanes of at least 4 members (excludes halogenated alkanes) is 2. The summed E-state index contributed by atoms with van der Waals surface area (Å²) >= 11 is 5.92. The smallest absolute Gasteiger partial charge is 0.437 e. The van der Waals surface area contributed by atoms with Crippen molar-refractivity contribution in [1.29, 1.82) is 0 Å². The van der Waals surface area contributed by atoms with E-state index in [0.717, 1.165) is 44.8 Å². The Morgan fingerprint density at radius 3 is 1.61 bits per heavy atom. The van der Waals surface area contributed by atoms with Crippen molar-refractivity contribution < 1.29 is 71.4 Å². The molecule has 10 N–H and O–H groups in total. The van der Waals surface area contributed by atoms with Gasteiger partial charge in [0.2, 0.25) is 5.96 Å². The number of alkyl carbamates (subject to hydrolysis) is 2. The first-order chi connectivity index (χ1) is 36.4. The molecular weight excluding hydrogens is 1020 g/mol. The average Bonchev–Trinajstić information content (AvgIpc) is 3.38. The number of methoxy groups -OCH3 is 2. The molecule has 0 aliphatic carbocycles. The lowest BCUT2D eigenvalue weighted by Gasteiger charge is -2.19. The van der Waals surface area contributed by atoms with Crippen LogP contribution in [-0.4, -0.2) is 150 Å². The number of anilines is 2. The quantitative estimate of drug-likeness (QED) is 0.0150. The molecule has 25 nitrogen and oxygen atoms in total. The van der Waals surface area contributed by atoms with E-state index in [0.29, 0.717) is 37.6 Å². The number of ether oxygens (including phenoxy) is 9. The molecule has 1 heterocycles. The number of aliphatic imine (C=N–C) groups is 1. The zero-order valence-corrected chi connectivity index (χ0v) is 44.5. The summed E-state index contributed by atoms with van der Waals surface area (Å²) in [6, 6.07) is 13.1. The predicted molar refractivity (Wildman–Crippen MR) is 280 cm³/mol. The summed E-state index contributed by atoms with van der Waals surface area (Å²) in [5.41, 5.74) is 18.1. The number of carbonyl (C=O) groups is 6. The normalized spacial score (nSPS) is 12.1. The van der Waals surface area contributed by atoms with Crippen LogP contribution >= 0.6 is 11.6 Å². The molecule has 0 fully saturated rings. The Labute approximate surface area is 447 Å². The number of hydrogen-bond donors (Lipinski definition) is 7. The summed E-state index contributed by atoms with van der Waals surface area (Å²) < 4.78 is 47.7. The van der Waals surface area contributed by atoms with E-state index in [-0.39, 0.29) is 94.0 Å². The van der Waals surface area contributed by atoms with Crippen LogP contribution in [0.3, 0.4) is 0 Å². The van der Waals surface area contributed by atoms with Gasteiger partial charge in [-0.3, -0.25) is 10.1 Å². The number of nitrogens with two attached hydrogens (primary N) is 3. The Balaban J connectivity index is 1.28. The van der Waals surface area contributed by atoms with Gasteiger partial charge in [0, 0.05) is 6.54 Å². The molecule has 4 amide bonds. The number of esters is 2. The lowest BCUT2D eigenvalue weighted by atomic mass is 10.1. The minimum atomic E-state index is -1.11. The molecule has 2 aromatic carbocycles. The fourth-order valence-electron chi connectivity index (χ4n) is 6.61. The summed E-state index contributed by atoms with van der Waals surface area (Å²) in [5.74, 6) is -1.54. The topological polar surface area (TPSA) is 350 Å². The Bertz CT molecular complexity index is 2300. The number of amides is 4. The van der Waals surface area contributed by atoms with Crippen molar-refractivity contribution >= 4 is 65.3 Å². The average molecular weight is 1090 g/mol. The number of guanidine groups is 1. The van der Waals surface area contributed by atoms with Gasteiger partial charge in [0.1, 0.15) is 55.6 Å². The molecule has 2 atom stereocenters. The number of aryl methyl sites for hydroxylation is 2. The van der Waals surface area contributed by atoms with E-state index in [1.54, 1.807) is 20.8 Å². The highest BCUT2D eigenvalue weighted by Gasteiger charge is 2.26.